The van der Waals surface area contributed by atoms with Crippen LogP contribution in [0.1, 0.15) is 5.56 Å². The van der Waals surface area contributed by atoms with E-state index in [1.165, 1.54) is 0 Å². The number of alkyl halides is 6. The van der Waals surface area contributed by atoms with Crippen LogP contribution < -0.4 is 9.47 Å². The molecule has 122 valence electrons. The van der Waals surface area contributed by atoms with Crippen LogP contribution in [0.2, 0.25) is 0 Å². The molecular formula is C12H8F6O4. The minimum atomic E-state index is -4.97. The average molecular weight is 330 g/mol. The quantitative estimate of drug-likeness (QED) is 0.847. The highest BCUT2D eigenvalue weighted by Crippen LogP contribution is 2.40. The summed E-state index contributed by atoms with van der Waals surface area (Å²) in [4.78, 5) is 10.9. The Morgan fingerprint density at radius 2 is 1.86 bits per heavy atom. The van der Waals surface area contributed by atoms with Gasteiger partial charge in [0.1, 0.15) is 17.4 Å². The van der Waals surface area contributed by atoms with Gasteiger partial charge in [0, 0.05) is 0 Å². The van der Waals surface area contributed by atoms with E-state index in [9.17, 15) is 31.1 Å². The van der Waals surface area contributed by atoms with E-state index in [1.54, 1.807) is 0 Å². The highest BCUT2D eigenvalue weighted by molar-refractivity contribution is 5.72. The highest BCUT2D eigenvalue weighted by Gasteiger charge is 2.52. The molecular weight excluding hydrogens is 322 g/mol. The van der Waals surface area contributed by atoms with Crippen molar-refractivity contribution in [2.24, 2.45) is 5.92 Å². The predicted molar refractivity (Wildman–Crippen MR) is 58.4 cm³/mol. The molecule has 1 aliphatic rings. The van der Waals surface area contributed by atoms with Crippen molar-refractivity contribution in [3.05, 3.63) is 23.8 Å². The minimum Gasteiger partial charge on any atom is -0.481 e. The van der Waals surface area contributed by atoms with Crippen molar-refractivity contribution >= 4 is 5.97 Å². The van der Waals surface area contributed by atoms with Gasteiger partial charge in [-0.05, 0) is 30.2 Å². The molecule has 2 atom stereocenters. The van der Waals surface area contributed by atoms with E-state index in [0.717, 1.165) is 18.2 Å². The SMILES string of the molecule is O=C(O)C1Cc2cc(OC(F)(F)F)ccc2OC1C(F)(F)F. The fourth-order valence-corrected chi connectivity index (χ4v) is 2.10. The molecule has 4 nitrogen and oxygen atoms in total. The second kappa shape index (κ2) is 5.25. The van der Waals surface area contributed by atoms with Crippen LogP contribution in [0.4, 0.5) is 26.3 Å². The molecule has 2 rings (SSSR count). The van der Waals surface area contributed by atoms with Crippen molar-refractivity contribution in [2.75, 3.05) is 0 Å². The number of carboxylic acid groups (broad SMARTS) is 1. The van der Waals surface area contributed by atoms with Crippen LogP contribution in [-0.2, 0) is 11.2 Å². The number of hydrogen-bond donors (Lipinski definition) is 1. The number of carbonyl (C=O) groups is 1. The second-order valence-electron chi connectivity index (χ2n) is 4.55. The van der Waals surface area contributed by atoms with Gasteiger partial charge in [-0.2, -0.15) is 13.2 Å². The van der Waals surface area contributed by atoms with E-state index in [4.69, 9.17) is 5.11 Å². The van der Waals surface area contributed by atoms with E-state index >= 15 is 0 Å². The zero-order chi connectivity index (χ0) is 16.7. The standard InChI is InChI=1S/C12H8F6O4/c13-11(14,15)9-7(10(19)20)4-5-3-6(22-12(16,17)18)1-2-8(5)21-9/h1-3,7,9H,4H2,(H,19,20). The highest BCUT2D eigenvalue weighted by atomic mass is 19.4. The summed E-state index contributed by atoms with van der Waals surface area (Å²) in [5.41, 5.74) is -0.102. The lowest BCUT2D eigenvalue weighted by Crippen LogP contribution is -2.47. The van der Waals surface area contributed by atoms with E-state index in [2.05, 4.69) is 9.47 Å². The van der Waals surface area contributed by atoms with Gasteiger partial charge in [-0.25, -0.2) is 0 Å². The summed E-state index contributed by atoms with van der Waals surface area (Å²) >= 11 is 0. The van der Waals surface area contributed by atoms with Gasteiger partial charge < -0.3 is 14.6 Å². The number of fused-ring (bicyclic) bond motifs is 1. The molecule has 0 radical (unpaired) electrons. The molecule has 1 aromatic rings. The lowest BCUT2D eigenvalue weighted by atomic mass is 9.90. The van der Waals surface area contributed by atoms with Crippen LogP contribution in [0.15, 0.2) is 18.2 Å². The van der Waals surface area contributed by atoms with Gasteiger partial charge in [-0.1, -0.05) is 0 Å². The number of halogens is 6. The molecule has 22 heavy (non-hydrogen) atoms. The van der Waals surface area contributed by atoms with Crippen molar-refractivity contribution in [1.29, 1.82) is 0 Å². The molecule has 1 heterocycles. The van der Waals surface area contributed by atoms with Crippen molar-refractivity contribution < 1.29 is 45.7 Å². The third kappa shape index (κ3) is 3.55. The van der Waals surface area contributed by atoms with Gasteiger partial charge in [0.05, 0.1) is 0 Å². The minimum absolute atomic E-state index is 0.102. The lowest BCUT2D eigenvalue weighted by Gasteiger charge is -2.32. The van der Waals surface area contributed by atoms with Crippen LogP contribution in [0.5, 0.6) is 11.5 Å². The molecule has 0 aliphatic carbocycles. The Kier molecular flexibility index (Phi) is 3.88. The second-order valence-corrected chi connectivity index (χ2v) is 4.55. The van der Waals surface area contributed by atoms with Gasteiger partial charge in [0.25, 0.3) is 0 Å². The Labute approximate surface area is 119 Å². The van der Waals surface area contributed by atoms with Gasteiger partial charge >= 0.3 is 18.5 Å². The molecule has 0 saturated carbocycles. The molecule has 0 amide bonds. The molecule has 1 N–H and O–H groups in total. The Morgan fingerprint density at radius 1 is 1.23 bits per heavy atom. The van der Waals surface area contributed by atoms with Crippen molar-refractivity contribution in [2.45, 2.75) is 25.1 Å². The molecule has 0 spiro atoms. The van der Waals surface area contributed by atoms with Crippen LogP contribution in [0.3, 0.4) is 0 Å². The monoisotopic (exact) mass is 330 g/mol. The van der Waals surface area contributed by atoms with E-state index in [-0.39, 0.29) is 11.3 Å². The first-order chi connectivity index (χ1) is 9.97. The fraction of sp³-hybridized carbons (Fsp3) is 0.417. The largest absolute Gasteiger partial charge is 0.573 e. The summed E-state index contributed by atoms with van der Waals surface area (Å²) < 4.78 is 82.9. The Balaban J connectivity index is 2.33. The normalized spacial score (nSPS) is 21.7. The Morgan fingerprint density at radius 3 is 2.36 bits per heavy atom. The van der Waals surface area contributed by atoms with Crippen LogP contribution in [0.25, 0.3) is 0 Å². The van der Waals surface area contributed by atoms with Crippen molar-refractivity contribution in [1.82, 2.24) is 0 Å². The summed E-state index contributed by atoms with van der Waals surface area (Å²) in [6.07, 6.45) is -13.1. The van der Waals surface area contributed by atoms with Crippen LogP contribution >= 0.6 is 0 Å². The number of benzene rings is 1. The fourth-order valence-electron chi connectivity index (χ4n) is 2.10. The summed E-state index contributed by atoms with van der Waals surface area (Å²) in [6.45, 7) is 0. The number of ether oxygens (including phenoxy) is 2. The van der Waals surface area contributed by atoms with Crippen LogP contribution in [0, 0.1) is 5.92 Å². The summed E-state index contributed by atoms with van der Waals surface area (Å²) in [6, 6.07) is 2.49. The summed E-state index contributed by atoms with van der Waals surface area (Å²) in [7, 11) is 0. The van der Waals surface area contributed by atoms with E-state index in [1.807, 2.05) is 0 Å². The Hall–Kier alpha value is -2.13. The molecule has 10 heteroatoms. The zero-order valence-electron chi connectivity index (χ0n) is 10.5. The lowest BCUT2D eigenvalue weighted by molar-refractivity contribution is -0.274. The Bertz CT molecular complexity index is 580. The van der Waals surface area contributed by atoms with Crippen molar-refractivity contribution in [3.63, 3.8) is 0 Å². The molecule has 0 aromatic heterocycles. The molecule has 1 aliphatic heterocycles. The molecule has 2 unspecified atom stereocenters. The van der Waals surface area contributed by atoms with E-state index < -0.39 is 42.7 Å². The molecule has 0 saturated heterocycles. The zero-order valence-corrected chi connectivity index (χ0v) is 10.5. The van der Waals surface area contributed by atoms with Gasteiger partial charge in [0.15, 0.2) is 0 Å². The van der Waals surface area contributed by atoms with Gasteiger partial charge in [-0.15, -0.1) is 13.2 Å². The first kappa shape index (κ1) is 16.2. The number of carboxylic acids is 1. The van der Waals surface area contributed by atoms with Gasteiger partial charge in [0.2, 0.25) is 6.10 Å². The number of hydrogen-bond acceptors (Lipinski definition) is 3. The molecule has 1 aromatic carbocycles. The molecule has 0 fully saturated rings. The maximum atomic E-state index is 12.8. The summed E-state index contributed by atoms with van der Waals surface area (Å²) in [5.74, 6) is -4.69. The number of aliphatic carboxylic acids is 1. The topological polar surface area (TPSA) is 55.8 Å². The summed E-state index contributed by atoms with van der Waals surface area (Å²) in [5, 5.41) is 8.86. The molecule has 0 bridgehead atoms. The maximum absolute atomic E-state index is 12.8. The van der Waals surface area contributed by atoms with Gasteiger partial charge in [-0.3, -0.25) is 4.79 Å². The smallest absolute Gasteiger partial charge is 0.481 e. The third-order valence-electron chi connectivity index (χ3n) is 2.96. The van der Waals surface area contributed by atoms with Crippen LogP contribution in [-0.4, -0.2) is 29.7 Å². The first-order valence-electron chi connectivity index (χ1n) is 5.82. The number of rotatable bonds is 2. The first-order valence-corrected chi connectivity index (χ1v) is 5.82. The predicted octanol–water partition coefficient (Wildman–Crippen LogP) is 3.15. The average Bonchev–Trinajstić information content (AvgIpc) is 2.33. The third-order valence-corrected chi connectivity index (χ3v) is 2.96. The van der Waals surface area contributed by atoms with Crippen molar-refractivity contribution in [3.8, 4) is 11.5 Å². The maximum Gasteiger partial charge on any atom is 0.573 e. The van der Waals surface area contributed by atoms with E-state index in [0.29, 0.717) is 0 Å².